The number of nitrogens with zero attached hydrogens (tertiary/aromatic N) is 1. The van der Waals surface area contributed by atoms with Crippen molar-refractivity contribution in [2.45, 2.75) is 45.7 Å². The Morgan fingerprint density at radius 2 is 2.06 bits per heavy atom. The molecule has 0 bridgehead atoms. The van der Waals surface area contributed by atoms with Gasteiger partial charge in [0.2, 0.25) is 5.91 Å². The first-order valence-electron chi connectivity index (χ1n) is 6.14. The van der Waals surface area contributed by atoms with Crippen molar-refractivity contribution in [3.63, 3.8) is 0 Å². The van der Waals surface area contributed by atoms with Crippen LogP contribution in [0.3, 0.4) is 0 Å². The van der Waals surface area contributed by atoms with Crippen molar-refractivity contribution in [1.29, 1.82) is 0 Å². The summed E-state index contributed by atoms with van der Waals surface area (Å²) in [7, 11) is 0. The fraction of sp³-hybridized carbons (Fsp3) is 0.538. The fourth-order valence-electron chi connectivity index (χ4n) is 2.26. The molecule has 2 rings (SSSR count). The van der Waals surface area contributed by atoms with Gasteiger partial charge in [-0.15, -0.1) is 0 Å². The summed E-state index contributed by atoms with van der Waals surface area (Å²) in [5, 5.41) is 12.0. The molecular weight excluding hydrogens is 232 g/mol. The molecule has 1 heterocycles. The predicted octanol–water partition coefficient (Wildman–Crippen LogP) is 1.64. The van der Waals surface area contributed by atoms with Gasteiger partial charge < -0.3 is 15.0 Å². The zero-order valence-corrected chi connectivity index (χ0v) is 10.9. The van der Waals surface area contributed by atoms with E-state index in [1.165, 1.54) is 0 Å². The maximum absolute atomic E-state index is 12.0. The molecule has 1 saturated carbocycles. The highest BCUT2D eigenvalue weighted by Crippen LogP contribution is 2.23. The molecule has 1 aliphatic carbocycles. The molecule has 1 aromatic rings. The Hall–Kier alpha value is -1.78. The monoisotopic (exact) mass is 250 g/mol. The summed E-state index contributed by atoms with van der Waals surface area (Å²) in [4.78, 5) is 23.1. The lowest BCUT2D eigenvalue weighted by atomic mass is 10.2. The highest BCUT2D eigenvalue weighted by atomic mass is 16.4. The maximum atomic E-state index is 12.0. The predicted molar refractivity (Wildman–Crippen MR) is 66.7 cm³/mol. The number of hydrogen-bond acceptors (Lipinski definition) is 2. The zero-order valence-electron chi connectivity index (χ0n) is 10.9. The number of rotatable bonds is 4. The Morgan fingerprint density at radius 1 is 1.44 bits per heavy atom. The van der Waals surface area contributed by atoms with Crippen LogP contribution >= 0.6 is 0 Å². The fourth-order valence-corrected chi connectivity index (χ4v) is 2.26. The largest absolute Gasteiger partial charge is 0.478 e. The van der Waals surface area contributed by atoms with Crippen LogP contribution in [0, 0.1) is 13.8 Å². The molecule has 2 N–H and O–H groups in total. The van der Waals surface area contributed by atoms with Gasteiger partial charge in [-0.2, -0.15) is 0 Å². The van der Waals surface area contributed by atoms with Crippen LogP contribution in [0.2, 0.25) is 0 Å². The summed E-state index contributed by atoms with van der Waals surface area (Å²) in [5.41, 5.74) is 1.68. The second-order valence-electron chi connectivity index (χ2n) is 4.92. The van der Waals surface area contributed by atoms with Crippen LogP contribution in [-0.2, 0) is 4.79 Å². The van der Waals surface area contributed by atoms with E-state index in [2.05, 4.69) is 5.32 Å². The van der Waals surface area contributed by atoms with Crippen LogP contribution in [0.1, 0.15) is 47.6 Å². The van der Waals surface area contributed by atoms with Crippen LogP contribution in [0.4, 0.5) is 0 Å². The number of nitrogens with one attached hydrogen (secondary N) is 1. The van der Waals surface area contributed by atoms with Gasteiger partial charge in [0.05, 0.1) is 5.56 Å². The number of carbonyl (C=O) groups excluding carboxylic acids is 1. The molecule has 1 amide bonds. The van der Waals surface area contributed by atoms with Crippen molar-refractivity contribution in [3.05, 3.63) is 23.0 Å². The molecular formula is C13H18N2O3. The zero-order chi connectivity index (χ0) is 13.4. The number of amides is 1. The lowest BCUT2D eigenvalue weighted by Gasteiger charge is -2.18. The van der Waals surface area contributed by atoms with E-state index in [1.807, 2.05) is 6.92 Å². The van der Waals surface area contributed by atoms with Gasteiger partial charge in [-0.3, -0.25) is 4.79 Å². The molecule has 0 saturated heterocycles. The van der Waals surface area contributed by atoms with Crippen molar-refractivity contribution >= 4 is 11.9 Å². The first-order valence-corrected chi connectivity index (χ1v) is 6.14. The van der Waals surface area contributed by atoms with Gasteiger partial charge in [0.25, 0.3) is 0 Å². The highest BCUT2D eigenvalue weighted by molar-refractivity contribution is 5.90. The number of carboxylic acid groups (broad SMARTS) is 1. The standard InChI is InChI=1S/C13H18N2O3/c1-7-6-11(13(17)18)8(2)15(7)9(3)12(16)14-10-4-5-10/h6,9-10H,4-5H2,1-3H3,(H,14,16)(H,17,18). The summed E-state index contributed by atoms with van der Waals surface area (Å²) in [6, 6.07) is 1.55. The number of aromatic carboxylic acids is 1. The molecule has 18 heavy (non-hydrogen) atoms. The first-order chi connectivity index (χ1) is 8.41. The van der Waals surface area contributed by atoms with Gasteiger partial charge in [0.1, 0.15) is 6.04 Å². The van der Waals surface area contributed by atoms with Gasteiger partial charge in [0, 0.05) is 17.4 Å². The maximum Gasteiger partial charge on any atom is 0.337 e. The van der Waals surface area contributed by atoms with Crippen LogP contribution in [0.25, 0.3) is 0 Å². The first kappa shape index (κ1) is 12.7. The van der Waals surface area contributed by atoms with Crippen molar-refractivity contribution in [2.24, 2.45) is 0 Å². The molecule has 0 aromatic carbocycles. The minimum absolute atomic E-state index is 0.0451. The average Bonchev–Trinajstić information content (AvgIpc) is 3.03. The van der Waals surface area contributed by atoms with Crippen molar-refractivity contribution in [3.8, 4) is 0 Å². The number of carboxylic acids is 1. The summed E-state index contributed by atoms with van der Waals surface area (Å²) < 4.78 is 1.78. The summed E-state index contributed by atoms with van der Waals surface area (Å²) in [6.45, 7) is 5.35. The van der Waals surface area contributed by atoms with E-state index in [1.54, 1.807) is 24.5 Å². The van der Waals surface area contributed by atoms with E-state index < -0.39 is 5.97 Å². The third kappa shape index (κ3) is 2.25. The minimum atomic E-state index is -0.954. The molecule has 0 radical (unpaired) electrons. The number of aromatic nitrogens is 1. The second kappa shape index (κ2) is 4.48. The number of hydrogen-bond donors (Lipinski definition) is 2. The van der Waals surface area contributed by atoms with Crippen LogP contribution in [-0.4, -0.2) is 27.6 Å². The van der Waals surface area contributed by atoms with Crippen molar-refractivity contribution < 1.29 is 14.7 Å². The Bertz CT molecular complexity index is 501. The summed E-state index contributed by atoms with van der Waals surface area (Å²) in [5.74, 6) is -1.000. The van der Waals surface area contributed by atoms with E-state index >= 15 is 0 Å². The SMILES string of the molecule is Cc1cc(C(=O)O)c(C)n1C(C)C(=O)NC1CC1. The van der Waals surface area contributed by atoms with E-state index in [4.69, 9.17) is 5.11 Å². The molecule has 1 fully saturated rings. The number of aryl methyl sites for hydroxylation is 1. The normalized spacial score (nSPS) is 16.4. The average molecular weight is 250 g/mol. The Labute approximate surface area is 106 Å². The molecule has 5 heteroatoms. The third-order valence-corrected chi connectivity index (χ3v) is 3.41. The quantitative estimate of drug-likeness (QED) is 0.853. The van der Waals surface area contributed by atoms with Crippen molar-refractivity contribution in [1.82, 2.24) is 9.88 Å². The minimum Gasteiger partial charge on any atom is -0.478 e. The lowest BCUT2D eigenvalue weighted by molar-refractivity contribution is -0.124. The van der Waals surface area contributed by atoms with E-state index in [0.29, 0.717) is 11.7 Å². The van der Waals surface area contributed by atoms with E-state index in [0.717, 1.165) is 18.5 Å². The highest BCUT2D eigenvalue weighted by Gasteiger charge is 2.28. The van der Waals surface area contributed by atoms with Crippen LogP contribution in [0.15, 0.2) is 6.07 Å². The molecule has 1 aromatic heterocycles. The van der Waals surface area contributed by atoms with Crippen LogP contribution < -0.4 is 5.32 Å². The van der Waals surface area contributed by atoms with E-state index in [9.17, 15) is 9.59 Å². The molecule has 98 valence electrons. The van der Waals surface area contributed by atoms with Gasteiger partial charge in [-0.1, -0.05) is 0 Å². The number of carbonyl (C=O) groups is 2. The Kier molecular flexibility index (Phi) is 3.15. The molecule has 0 spiro atoms. The lowest BCUT2D eigenvalue weighted by Crippen LogP contribution is -2.33. The van der Waals surface area contributed by atoms with Crippen molar-refractivity contribution in [2.75, 3.05) is 0 Å². The molecule has 5 nitrogen and oxygen atoms in total. The van der Waals surface area contributed by atoms with Gasteiger partial charge >= 0.3 is 5.97 Å². The summed E-state index contributed by atoms with van der Waals surface area (Å²) in [6.07, 6.45) is 2.09. The third-order valence-electron chi connectivity index (χ3n) is 3.41. The summed E-state index contributed by atoms with van der Waals surface area (Å²) >= 11 is 0. The molecule has 1 atom stereocenters. The molecule has 0 aliphatic heterocycles. The Morgan fingerprint density at radius 3 is 2.50 bits per heavy atom. The van der Waals surface area contributed by atoms with Gasteiger partial charge in [-0.25, -0.2) is 4.79 Å². The molecule has 1 aliphatic rings. The topological polar surface area (TPSA) is 71.3 Å². The Balaban J connectivity index is 2.25. The van der Waals surface area contributed by atoms with E-state index in [-0.39, 0.29) is 17.5 Å². The van der Waals surface area contributed by atoms with Crippen LogP contribution in [0.5, 0.6) is 0 Å². The van der Waals surface area contributed by atoms with Gasteiger partial charge in [0.15, 0.2) is 0 Å². The van der Waals surface area contributed by atoms with Gasteiger partial charge in [-0.05, 0) is 39.7 Å². The molecule has 1 unspecified atom stereocenters. The second-order valence-corrected chi connectivity index (χ2v) is 4.92. The smallest absolute Gasteiger partial charge is 0.337 e.